The van der Waals surface area contributed by atoms with E-state index in [1.54, 1.807) is 4.90 Å². The minimum Gasteiger partial charge on any atom is -0.377 e. The van der Waals surface area contributed by atoms with E-state index >= 15 is 0 Å². The molecule has 170 valence electrons. The first-order valence-corrected chi connectivity index (χ1v) is 9.73. The lowest BCUT2D eigenvalue weighted by atomic mass is 10.1. The van der Waals surface area contributed by atoms with Crippen LogP contribution in [0.1, 0.15) is 28.8 Å². The number of amides is 3. The van der Waals surface area contributed by atoms with Gasteiger partial charge in [0.25, 0.3) is 5.91 Å². The number of carbonyl (C=O) groups excluding carboxylic acids is 3. The molecule has 1 heterocycles. The van der Waals surface area contributed by atoms with E-state index in [9.17, 15) is 32.8 Å². The molecule has 0 bridgehead atoms. The van der Waals surface area contributed by atoms with Crippen LogP contribution in [-0.4, -0.2) is 67.0 Å². The molecule has 1 aliphatic heterocycles. The number of hydrogen-bond donors (Lipinski definition) is 3. The van der Waals surface area contributed by atoms with Gasteiger partial charge in [0.05, 0.1) is 25.3 Å². The van der Waals surface area contributed by atoms with Crippen molar-refractivity contribution < 1.29 is 32.3 Å². The number of amidine groups is 1. The molecule has 1 unspecified atom stereocenters. The average Bonchev–Trinajstić information content (AvgIpc) is 3.58. The first-order chi connectivity index (χ1) is 15.1. The number of halogens is 3. The van der Waals surface area contributed by atoms with E-state index in [2.05, 4.69) is 11.4 Å². The second-order valence-corrected chi connectivity index (χ2v) is 7.54. The summed E-state index contributed by atoms with van der Waals surface area (Å²) in [4.78, 5) is 37.6. The highest BCUT2D eigenvalue weighted by Crippen LogP contribution is 2.46. The van der Waals surface area contributed by atoms with Crippen LogP contribution in [0.2, 0.25) is 0 Å². The number of alkyl halides is 3. The van der Waals surface area contributed by atoms with Crippen LogP contribution in [0.5, 0.6) is 0 Å². The Bertz CT molecular complexity index is 967. The molecule has 1 aromatic rings. The highest BCUT2D eigenvalue weighted by Gasteiger charge is 2.53. The average molecular weight is 451 g/mol. The fraction of sp³-hybridized carbons (Fsp3) is 0.450. The van der Waals surface area contributed by atoms with Crippen molar-refractivity contribution in [2.75, 3.05) is 26.3 Å². The molecule has 0 radical (unpaired) electrons. The normalized spacial score (nSPS) is 19.4. The first kappa shape index (κ1) is 23.2. The Morgan fingerprint density at radius 1 is 1.22 bits per heavy atom. The van der Waals surface area contributed by atoms with Gasteiger partial charge in [0.1, 0.15) is 11.3 Å². The van der Waals surface area contributed by atoms with Gasteiger partial charge < -0.3 is 20.3 Å². The zero-order valence-electron chi connectivity index (χ0n) is 16.8. The van der Waals surface area contributed by atoms with Gasteiger partial charge >= 0.3 is 12.1 Å². The molecular weight excluding hydrogens is 431 g/mol. The van der Waals surface area contributed by atoms with Crippen LogP contribution < -0.4 is 10.6 Å². The van der Waals surface area contributed by atoms with Gasteiger partial charge in [0.2, 0.25) is 5.91 Å². The van der Waals surface area contributed by atoms with Crippen molar-refractivity contribution in [3.8, 4) is 6.07 Å². The Morgan fingerprint density at radius 2 is 1.84 bits per heavy atom. The van der Waals surface area contributed by atoms with E-state index in [0.29, 0.717) is 26.0 Å². The van der Waals surface area contributed by atoms with Crippen LogP contribution in [0.15, 0.2) is 24.3 Å². The largest absolute Gasteiger partial charge is 0.471 e. The predicted molar refractivity (Wildman–Crippen MR) is 103 cm³/mol. The topological polar surface area (TPSA) is 135 Å². The molecule has 1 saturated heterocycles. The van der Waals surface area contributed by atoms with Crippen molar-refractivity contribution in [2.24, 2.45) is 5.41 Å². The lowest BCUT2D eigenvalue weighted by molar-refractivity contribution is -0.171. The quantitative estimate of drug-likeness (QED) is 0.453. The maximum atomic E-state index is 12.7. The van der Waals surface area contributed by atoms with E-state index in [4.69, 9.17) is 10.1 Å². The summed E-state index contributed by atoms with van der Waals surface area (Å²) in [5.41, 5.74) is -0.807. The number of nitriles is 1. The van der Waals surface area contributed by atoms with Gasteiger partial charge in [-0.05, 0) is 25.0 Å². The first-order valence-electron chi connectivity index (χ1n) is 9.73. The minimum atomic E-state index is -5.11. The molecule has 3 rings (SSSR count). The lowest BCUT2D eigenvalue weighted by Gasteiger charge is -2.36. The van der Waals surface area contributed by atoms with E-state index in [1.165, 1.54) is 29.6 Å². The molecule has 3 N–H and O–H groups in total. The van der Waals surface area contributed by atoms with Crippen molar-refractivity contribution in [1.29, 1.82) is 10.7 Å². The van der Waals surface area contributed by atoms with Crippen molar-refractivity contribution in [3.05, 3.63) is 35.4 Å². The lowest BCUT2D eigenvalue weighted by Crippen LogP contribution is -2.55. The van der Waals surface area contributed by atoms with Gasteiger partial charge in [-0.2, -0.15) is 18.4 Å². The minimum absolute atomic E-state index is 0.0113. The zero-order valence-corrected chi connectivity index (χ0v) is 16.8. The molecule has 0 aromatic heterocycles. The zero-order chi connectivity index (χ0) is 23.5. The van der Waals surface area contributed by atoms with Gasteiger partial charge in [-0.25, -0.2) is 0 Å². The van der Waals surface area contributed by atoms with E-state index in [-0.39, 0.29) is 30.2 Å². The predicted octanol–water partition coefficient (Wildman–Crippen LogP) is 0.951. The van der Waals surface area contributed by atoms with Gasteiger partial charge in [0.15, 0.2) is 0 Å². The smallest absolute Gasteiger partial charge is 0.377 e. The Kier molecular flexibility index (Phi) is 6.50. The van der Waals surface area contributed by atoms with E-state index in [0.717, 1.165) is 0 Å². The summed E-state index contributed by atoms with van der Waals surface area (Å²) in [7, 11) is 0. The highest BCUT2D eigenvalue weighted by molar-refractivity contribution is 6.08. The summed E-state index contributed by atoms with van der Waals surface area (Å²) in [6.07, 6.45) is -4.08. The number of carbonyl (C=O) groups is 3. The van der Waals surface area contributed by atoms with E-state index < -0.39 is 35.3 Å². The van der Waals surface area contributed by atoms with Crippen LogP contribution in [0.3, 0.4) is 0 Å². The van der Waals surface area contributed by atoms with Crippen LogP contribution >= 0.6 is 0 Å². The Hall–Kier alpha value is -3.46. The van der Waals surface area contributed by atoms with Crippen molar-refractivity contribution in [3.63, 3.8) is 0 Å². The summed E-state index contributed by atoms with van der Waals surface area (Å²) in [5, 5.41) is 20.9. The van der Waals surface area contributed by atoms with Gasteiger partial charge in [-0.1, -0.05) is 12.1 Å². The molecule has 1 aromatic carbocycles. The van der Waals surface area contributed by atoms with Crippen molar-refractivity contribution in [2.45, 2.75) is 25.1 Å². The van der Waals surface area contributed by atoms with Gasteiger partial charge in [-0.15, -0.1) is 0 Å². The summed E-state index contributed by atoms with van der Waals surface area (Å²) in [6, 6.07) is 6.70. The summed E-state index contributed by atoms with van der Waals surface area (Å²) in [5.74, 6) is -3.77. The molecular formula is C20H20F3N5O4. The van der Waals surface area contributed by atoms with Crippen molar-refractivity contribution in [1.82, 2.24) is 15.5 Å². The number of morpholine rings is 1. The highest BCUT2D eigenvalue weighted by atomic mass is 19.4. The van der Waals surface area contributed by atoms with E-state index in [1.807, 2.05) is 0 Å². The number of ether oxygens (including phenoxy) is 1. The molecule has 3 amide bonds. The second-order valence-electron chi connectivity index (χ2n) is 7.54. The molecule has 1 saturated carbocycles. The number of benzene rings is 1. The Labute approximate surface area is 181 Å². The number of nitrogens with one attached hydrogen (secondary N) is 3. The fourth-order valence-corrected chi connectivity index (χ4v) is 3.22. The molecule has 1 atom stereocenters. The molecule has 12 heteroatoms. The molecule has 2 aliphatic rings. The van der Waals surface area contributed by atoms with Crippen LogP contribution in [-0.2, 0) is 14.3 Å². The summed E-state index contributed by atoms with van der Waals surface area (Å²) in [6.45, 7) is 0.965. The number of rotatable bonds is 5. The summed E-state index contributed by atoms with van der Waals surface area (Å²) >= 11 is 0. The molecule has 9 nitrogen and oxygen atoms in total. The number of hydrogen-bond acceptors (Lipinski definition) is 6. The van der Waals surface area contributed by atoms with Crippen LogP contribution in [0, 0.1) is 22.2 Å². The monoisotopic (exact) mass is 451 g/mol. The van der Waals surface area contributed by atoms with Crippen LogP contribution in [0.4, 0.5) is 13.2 Å². The maximum absolute atomic E-state index is 12.7. The summed E-state index contributed by atoms with van der Waals surface area (Å²) < 4.78 is 42.3. The third kappa shape index (κ3) is 5.05. The van der Waals surface area contributed by atoms with Gasteiger partial charge in [0, 0.05) is 24.2 Å². The number of nitrogens with zero attached hydrogens (tertiary/aromatic N) is 2. The molecule has 32 heavy (non-hydrogen) atoms. The van der Waals surface area contributed by atoms with Crippen molar-refractivity contribution >= 4 is 23.6 Å². The molecule has 1 aliphatic carbocycles. The third-order valence-electron chi connectivity index (χ3n) is 5.29. The molecule has 0 spiro atoms. The molecule has 2 fully saturated rings. The Balaban J connectivity index is 1.57. The second kappa shape index (κ2) is 8.96. The SMILES string of the molecule is N#CC1(C(=O)N2CCOCC2CNC(=O)c2ccc(C(=N)NC(=O)C(F)(F)F)cc2)CC1. The standard InChI is InChI=1S/C20H20F3N5O4/c21-20(22,23)17(30)27-15(25)12-1-3-13(4-2-12)16(29)26-9-14-10-32-8-7-28(14)18(31)19(11-24)5-6-19/h1-4,14H,5-10H2,(H,26,29)(H2,25,27,30). The van der Waals surface area contributed by atoms with Gasteiger partial charge in [-0.3, -0.25) is 19.8 Å². The fourth-order valence-electron chi connectivity index (χ4n) is 3.22. The third-order valence-corrected chi connectivity index (χ3v) is 5.29. The van der Waals surface area contributed by atoms with Crippen LogP contribution in [0.25, 0.3) is 0 Å². The maximum Gasteiger partial charge on any atom is 0.471 e. The Morgan fingerprint density at radius 3 is 2.41 bits per heavy atom.